The van der Waals surface area contributed by atoms with E-state index in [0.717, 1.165) is 35.8 Å². The number of hydrogen-bond donors (Lipinski definition) is 1. The van der Waals surface area contributed by atoms with E-state index in [1.165, 1.54) is 5.56 Å². The van der Waals surface area contributed by atoms with Crippen molar-refractivity contribution in [3.05, 3.63) is 41.6 Å². The number of benzene rings is 1. The first kappa shape index (κ1) is 18.0. The van der Waals surface area contributed by atoms with Crippen LogP contribution in [-0.2, 0) is 0 Å². The second-order valence-corrected chi connectivity index (χ2v) is 6.82. The highest BCUT2D eigenvalue weighted by Crippen LogP contribution is 2.20. The minimum Gasteiger partial charge on any atom is -0.376 e. The summed E-state index contributed by atoms with van der Waals surface area (Å²) in [6.45, 7) is 6.87. The third-order valence-corrected chi connectivity index (χ3v) is 4.88. The zero-order valence-electron chi connectivity index (χ0n) is 15.9. The molecule has 0 aliphatic carbocycles. The minimum absolute atomic E-state index is 0.0496. The summed E-state index contributed by atoms with van der Waals surface area (Å²) in [5, 5.41) is 11.4. The lowest BCUT2D eigenvalue weighted by atomic mass is 10.1. The summed E-state index contributed by atoms with van der Waals surface area (Å²) in [6, 6.07) is 7.93. The van der Waals surface area contributed by atoms with Crippen LogP contribution in [0.4, 0.5) is 22.0 Å². The fourth-order valence-electron chi connectivity index (χ4n) is 2.96. The second kappa shape index (κ2) is 7.59. The van der Waals surface area contributed by atoms with Gasteiger partial charge in [-0.25, -0.2) is 4.79 Å². The molecule has 1 aromatic carbocycles. The van der Waals surface area contributed by atoms with E-state index in [1.807, 2.05) is 62.0 Å². The number of aromatic nitrogens is 2. The molecule has 3 rings (SSSR count). The fraction of sp³-hybridized carbons (Fsp3) is 0.421. The van der Waals surface area contributed by atoms with E-state index in [9.17, 15) is 4.79 Å². The van der Waals surface area contributed by atoms with Gasteiger partial charge in [0, 0.05) is 52.0 Å². The Hall–Kier alpha value is -2.83. The van der Waals surface area contributed by atoms with E-state index in [1.54, 1.807) is 6.20 Å². The molecule has 0 unspecified atom stereocenters. The van der Waals surface area contributed by atoms with Crippen LogP contribution in [0.1, 0.15) is 11.1 Å². The number of rotatable bonds is 3. The fourth-order valence-corrected chi connectivity index (χ4v) is 2.96. The van der Waals surface area contributed by atoms with Crippen molar-refractivity contribution >= 4 is 23.2 Å². The summed E-state index contributed by atoms with van der Waals surface area (Å²) in [7, 11) is 3.96. The maximum absolute atomic E-state index is 12.6. The van der Waals surface area contributed by atoms with Gasteiger partial charge in [0.15, 0.2) is 5.82 Å². The topological polar surface area (TPSA) is 64.6 Å². The van der Waals surface area contributed by atoms with Crippen molar-refractivity contribution in [2.45, 2.75) is 13.8 Å². The molecule has 7 heteroatoms. The van der Waals surface area contributed by atoms with Gasteiger partial charge in [0.2, 0.25) is 0 Å². The highest BCUT2D eigenvalue weighted by Gasteiger charge is 2.23. The van der Waals surface area contributed by atoms with Crippen molar-refractivity contribution in [1.29, 1.82) is 0 Å². The molecule has 0 radical (unpaired) electrons. The largest absolute Gasteiger partial charge is 0.376 e. The Morgan fingerprint density at radius 1 is 1.15 bits per heavy atom. The van der Waals surface area contributed by atoms with E-state index in [-0.39, 0.29) is 6.03 Å². The number of nitrogens with one attached hydrogen (secondary N) is 1. The summed E-state index contributed by atoms with van der Waals surface area (Å²) < 4.78 is 0. The Labute approximate surface area is 154 Å². The Kier molecular flexibility index (Phi) is 5.25. The standard InChI is InChI=1S/C19H26N6O/c1-14-6-5-7-17(15(14)2)21-19(26)25-10-8-24(9-11-25)18-12-16(23(3)4)13-20-22-18/h5-7,12-13H,8-11H2,1-4H3,(H,21,26). The van der Waals surface area contributed by atoms with Gasteiger partial charge >= 0.3 is 6.03 Å². The van der Waals surface area contributed by atoms with Crippen LogP contribution >= 0.6 is 0 Å². The van der Waals surface area contributed by atoms with Gasteiger partial charge < -0.3 is 20.0 Å². The molecule has 0 spiro atoms. The third-order valence-electron chi connectivity index (χ3n) is 4.88. The second-order valence-electron chi connectivity index (χ2n) is 6.82. The van der Waals surface area contributed by atoms with E-state index < -0.39 is 0 Å². The highest BCUT2D eigenvalue weighted by molar-refractivity contribution is 5.90. The molecule has 1 N–H and O–H groups in total. The Morgan fingerprint density at radius 3 is 2.58 bits per heavy atom. The first-order valence-electron chi connectivity index (χ1n) is 8.83. The van der Waals surface area contributed by atoms with Gasteiger partial charge in [0.05, 0.1) is 11.9 Å². The van der Waals surface area contributed by atoms with Crippen molar-refractivity contribution in [2.75, 3.05) is 55.4 Å². The lowest BCUT2D eigenvalue weighted by Gasteiger charge is -2.35. The lowest BCUT2D eigenvalue weighted by molar-refractivity contribution is 0.208. The predicted molar refractivity (Wildman–Crippen MR) is 105 cm³/mol. The van der Waals surface area contributed by atoms with E-state index in [4.69, 9.17) is 0 Å². The monoisotopic (exact) mass is 354 g/mol. The number of amides is 2. The molecule has 1 aliphatic heterocycles. The molecule has 0 bridgehead atoms. The highest BCUT2D eigenvalue weighted by atomic mass is 16.2. The molecule has 26 heavy (non-hydrogen) atoms. The summed E-state index contributed by atoms with van der Waals surface area (Å²) in [6.07, 6.45) is 1.75. The Balaban J connectivity index is 1.60. The van der Waals surface area contributed by atoms with Gasteiger partial charge in [-0.3, -0.25) is 0 Å². The Morgan fingerprint density at radius 2 is 1.88 bits per heavy atom. The molecule has 138 valence electrons. The predicted octanol–water partition coefficient (Wildman–Crippen LogP) is 2.51. The average Bonchev–Trinajstić information content (AvgIpc) is 2.65. The molecule has 2 amide bonds. The number of urea groups is 1. The molecule has 1 saturated heterocycles. The van der Waals surface area contributed by atoms with Gasteiger partial charge in [-0.05, 0) is 31.0 Å². The zero-order chi connectivity index (χ0) is 18.7. The van der Waals surface area contributed by atoms with E-state index in [2.05, 4.69) is 20.4 Å². The number of piperazine rings is 1. The maximum Gasteiger partial charge on any atom is 0.321 e. The maximum atomic E-state index is 12.6. The van der Waals surface area contributed by atoms with Crippen molar-refractivity contribution < 1.29 is 4.79 Å². The van der Waals surface area contributed by atoms with Crippen LogP contribution in [-0.4, -0.2) is 61.4 Å². The number of carbonyl (C=O) groups is 1. The third kappa shape index (κ3) is 3.87. The van der Waals surface area contributed by atoms with Crippen LogP contribution in [0.2, 0.25) is 0 Å². The normalized spacial score (nSPS) is 14.3. The van der Waals surface area contributed by atoms with Crippen LogP contribution in [0.25, 0.3) is 0 Å². The number of anilines is 3. The van der Waals surface area contributed by atoms with Crippen LogP contribution < -0.4 is 15.1 Å². The first-order valence-corrected chi connectivity index (χ1v) is 8.83. The molecular formula is C19H26N6O. The van der Waals surface area contributed by atoms with Gasteiger partial charge in [0.1, 0.15) is 0 Å². The molecular weight excluding hydrogens is 328 g/mol. The summed E-state index contributed by atoms with van der Waals surface area (Å²) in [5.74, 6) is 0.853. The van der Waals surface area contributed by atoms with Crippen LogP contribution in [0, 0.1) is 13.8 Å². The minimum atomic E-state index is -0.0496. The smallest absolute Gasteiger partial charge is 0.321 e. The number of carbonyl (C=O) groups excluding carboxylic acids is 1. The SMILES string of the molecule is Cc1cccc(NC(=O)N2CCN(c3cc(N(C)C)cnn3)CC2)c1C. The summed E-state index contributed by atoms with van der Waals surface area (Å²) in [5.41, 5.74) is 4.18. The quantitative estimate of drug-likeness (QED) is 0.917. The average molecular weight is 354 g/mol. The van der Waals surface area contributed by atoms with Gasteiger partial charge in [-0.1, -0.05) is 12.1 Å². The Bertz CT molecular complexity index is 783. The molecule has 1 fully saturated rings. The van der Waals surface area contributed by atoms with Crippen molar-refractivity contribution in [3.63, 3.8) is 0 Å². The molecule has 1 aromatic heterocycles. The first-order chi connectivity index (χ1) is 12.5. The van der Waals surface area contributed by atoms with Crippen molar-refractivity contribution in [1.82, 2.24) is 15.1 Å². The number of aryl methyl sites for hydroxylation is 1. The lowest BCUT2D eigenvalue weighted by Crippen LogP contribution is -2.50. The van der Waals surface area contributed by atoms with Crippen LogP contribution in [0.3, 0.4) is 0 Å². The summed E-state index contributed by atoms with van der Waals surface area (Å²) >= 11 is 0. The van der Waals surface area contributed by atoms with Crippen molar-refractivity contribution in [2.24, 2.45) is 0 Å². The number of hydrogen-bond acceptors (Lipinski definition) is 5. The summed E-state index contributed by atoms with van der Waals surface area (Å²) in [4.78, 5) is 18.6. The number of nitrogens with zero attached hydrogens (tertiary/aromatic N) is 5. The van der Waals surface area contributed by atoms with Crippen LogP contribution in [0.5, 0.6) is 0 Å². The van der Waals surface area contributed by atoms with E-state index >= 15 is 0 Å². The molecule has 0 atom stereocenters. The van der Waals surface area contributed by atoms with E-state index in [0.29, 0.717) is 13.1 Å². The van der Waals surface area contributed by atoms with Crippen LogP contribution in [0.15, 0.2) is 30.5 Å². The molecule has 2 aromatic rings. The van der Waals surface area contributed by atoms with Gasteiger partial charge in [0.25, 0.3) is 0 Å². The van der Waals surface area contributed by atoms with Crippen molar-refractivity contribution in [3.8, 4) is 0 Å². The zero-order valence-corrected chi connectivity index (χ0v) is 15.9. The molecule has 7 nitrogen and oxygen atoms in total. The molecule has 0 saturated carbocycles. The van der Waals surface area contributed by atoms with Gasteiger partial charge in [-0.2, -0.15) is 5.10 Å². The molecule has 1 aliphatic rings. The van der Waals surface area contributed by atoms with Gasteiger partial charge in [-0.15, -0.1) is 5.10 Å². The molecule has 2 heterocycles.